The predicted octanol–water partition coefficient (Wildman–Crippen LogP) is 2.87. The number of carbonyl (C=O) groups excluding carboxylic acids is 2. The molecule has 0 radical (unpaired) electrons. The van der Waals surface area contributed by atoms with Crippen LogP contribution in [0.1, 0.15) is 38.2 Å². The van der Waals surface area contributed by atoms with Crippen molar-refractivity contribution in [3.8, 4) is 6.07 Å². The van der Waals surface area contributed by atoms with Gasteiger partial charge in [0, 0.05) is 41.6 Å². The summed E-state index contributed by atoms with van der Waals surface area (Å²) >= 11 is 6.26. The molecule has 1 fully saturated rings. The van der Waals surface area contributed by atoms with Crippen molar-refractivity contribution in [3.63, 3.8) is 0 Å². The van der Waals surface area contributed by atoms with E-state index in [4.69, 9.17) is 26.3 Å². The van der Waals surface area contributed by atoms with E-state index in [0.717, 1.165) is 44.8 Å². The van der Waals surface area contributed by atoms with E-state index in [1.165, 1.54) is 0 Å². The van der Waals surface area contributed by atoms with Gasteiger partial charge in [-0.2, -0.15) is 5.26 Å². The van der Waals surface area contributed by atoms with Crippen LogP contribution in [-0.2, 0) is 19.1 Å². The fourth-order valence-corrected chi connectivity index (χ4v) is 4.48. The fourth-order valence-electron chi connectivity index (χ4n) is 4.28. The minimum atomic E-state index is -0.645. The van der Waals surface area contributed by atoms with E-state index in [1.54, 1.807) is 25.1 Å². The van der Waals surface area contributed by atoms with Crippen LogP contribution in [-0.4, -0.2) is 62.8 Å². The van der Waals surface area contributed by atoms with Crippen LogP contribution in [0.25, 0.3) is 0 Å². The van der Waals surface area contributed by atoms with Crippen LogP contribution < -0.4 is 10.6 Å². The zero-order chi connectivity index (χ0) is 24.5. The number of hydrogen-bond donors (Lipinski definition) is 2. The molecule has 1 saturated heterocycles. The van der Waals surface area contributed by atoms with Gasteiger partial charge in [-0.3, -0.25) is 9.69 Å². The molecule has 1 aromatic carbocycles. The van der Waals surface area contributed by atoms with Crippen LogP contribution >= 0.6 is 11.6 Å². The first kappa shape index (κ1) is 25.8. The van der Waals surface area contributed by atoms with E-state index in [-0.39, 0.29) is 18.9 Å². The lowest BCUT2D eigenvalue weighted by molar-refractivity contribution is -0.139. The van der Waals surface area contributed by atoms with Crippen LogP contribution in [0.2, 0.25) is 5.02 Å². The van der Waals surface area contributed by atoms with Gasteiger partial charge in [-0.05, 0) is 44.5 Å². The monoisotopic (exact) mass is 486 g/mol. The van der Waals surface area contributed by atoms with Crippen molar-refractivity contribution in [3.05, 3.63) is 57.4 Å². The number of nitrogens with one attached hydrogen (secondary N) is 2. The summed E-state index contributed by atoms with van der Waals surface area (Å²) in [5.74, 6) is -1.45. The summed E-state index contributed by atoms with van der Waals surface area (Å²) in [5.41, 5.74) is 2.78. The van der Waals surface area contributed by atoms with Gasteiger partial charge in [-0.15, -0.1) is 0 Å². The highest BCUT2D eigenvalue weighted by atomic mass is 35.5. The number of rotatable bonds is 9. The molecule has 1 atom stereocenters. The largest absolute Gasteiger partial charge is 0.461 e. The number of dihydropyridines is 1. The third kappa shape index (κ3) is 6.60. The number of esters is 1. The Bertz CT molecular complexity index is 1010. The molecule has 2 aliphatic rings. The molecule has 2 N–H and O–H groups in total. The van der Waals surface area contributed by atoms with Crippen LogP contribution in [0.5, 0.6) is 0 Å². The maximum Gasteiger partial charge on any atom is 0.336 e. The van der Waals surface area contributed by atoms with Gasteiger partial charge in [0.1, 0.15) is 6.61 Å². The first-order valence-corrected chi connectivity index (χ1v) is 11.9. The van der Waals surface area contributed by atoms with Gasteiger partial charge in [-0.25, -0.2) is 4.79 Å². The Hall–Kier alpha value is -2.86. The van der Waals surface area contributed by atoms with Gasteiger partial charge in [0.25, 0.3) is 0 Å². The van der Waals surface area contributed by atoms with E-state index in [0.29, 0.717) is 34.1 Å². The van der Waals surface area contributed by atoms with Crippen LogP contribution in [0, 0.1) is 11.3 Å². The molecular weight excluding hydrogens is 456 g/mol. The SMILES string of the molecule is CC1=C(C(=O)NCCCN2CCOCC2)C(c2cccc(Cl)c2)C(C(=O)OCCC#N)=C(C)N1. The van der Waals surface area contributed by atoms with Crippen molar-refractivity contribution in [2.45, 2.75) is 32.6 Å². The quantitative estimate of drug-likeness (QED) is 0.408. The van der Waals surface area contributed by atoms with Crippen molar-refractivity contribution < 1.29 is 19.1 Å². The highest BCUT2D eigenvalue weighted by Gasteiger charge is 2.37. The highest BCUT2D eigenvalue weighted by molar-refractivity contribution is 6.30. The molecule has 0 bridgehead atoms. The number of ether oxygens (including phenoxy) is 2. The average molecular weight is 487 g/mol. The third-order valence-electron chi connectivity index (χ3n) is 5.89. The minimum Gasteiger partial charge on any atom is -0.461 e. The molecule has 2 heterocycles. The summed E-state index contributed by atoms with van der Waals surface area (Å²) in [4.78, 5) is 28.7. The summed E-state index contributed by atoms with van der Waals surface area (Å²) in [5, 5.41) is 15.5. The fraction of sp³-hybridized carbons (Fsp3) is 0.480. The number of nitriles is 1. The van der Waals surface area contributed by atoms with Crippen molar-refractivity contribution in [2.24, 2.45) is 0 Å². The maximum absolute atomic E-state index is 13.4. The molecule has 0 aliphatic carbocycles. The Kier molecular flexibility index (Phi) is 9.52. The lowest BCUT2D eigenvalue weighted by Crippen LogP contribution is -2.39. The van der Waals surface area contributed by atoms with Crippen LogP contribution in [0.3, 0.4) is 0 Å². The molecule has 2 aliphatic heterocycles. The topological polar surface area (TPSA) is 104 Å². The van der Waals surface area contributed by atoms with Crippen molar-refractivity contribution in [2.75, 3.05) is 46.0 Å². The van der Waals surface area contributed by atoms with E-state index in [9.17, 15) is 9.59 Å². The second kappa shape index (κ2) is 12.6. The van der Waals surface area contributed by atoms with Gasteiger partial charge in [0.05, 0.1) is 37.2 Å². The summed E-state index contributed by atoms with van der Waals surface area (Å²) in [7, 11) is 0. The van der Waals surface area contributed by atoms with Gasteiger partial charge >= 0.3 is 5.97 Å². The number of benzene rings is 1. The highest BCUT2D eigenvalue weighted by Crippen LogP contribution is 2.39. The Morgan fingerprint density at radius 1 is 1.26 bits per heavy atom. The molecule has 8 nitrogen and oxygen atoms in total. The Labute approximate surface area is 205 Å². The number of morpholine rings is 1. The molecule has 0 spiro atoms. The first-order valence-electron chi connectivity index (χ1n) is 11.5. The van der Waals surface area contributed by atoms with Crippen LogP contribution in [0.4, 0.5) is 0 Å². The standard InChI is InChI=1S/C25H31ClN4O4/c1-17-21(24(31)28-9-5-10-30-11-14-33-15-12-30)23(19-6-3-7-20(26)16-19)22(18(2)29-17)25(32)34-13-4-8-27/h3,6-7,16,23,29H,4-5,9-15H2,1-2H3,(H,28,31). The second-order valence-corrected chi connectivity index (χ2v) is 8.73. The second-order valence-electron chi connectivity index (χ2n) is 8.30. The lowest BCUT2D eigenvalue weighted by atomic mass is 9.80. The maximum atomic E-state index is 13.4. The Balaban J connectivity index is 1.80. The summed E-state index contributed by atoms with van der Waals surface area (Å²) in [6.45, 7) is 8.27. The summed E-state index contributed by atoms with van der Waals surface area (Å²) in [6.07, 6.45) is 0.907. The number of carbonyl (C=O) groups is 2. The van der Waals surface area contributed by atoms with E-state index >= 15 is 0 Å². The predicted molar refractivity (Wildman–Crippen MR) is 129 cm³/mol. The van der Waals surface area contributed by atoms with E-state index < -0.39 is 11.9 Å². The number of halogens is 1. The normalized spacial score (nSPS) is 18.8. The summed E-state index contributed by atoms with van der Waals surface area (Å²) < 4.78 is 10.7. The molecule has 3 rings (SSSR count). The number of amides is 1. The Morgan fingerprint density at radius 2 is 2.00 bits per heavy atom. The van der Waals surface area contributed by atoms with Gasteiger partial charge in [0.15, 0.2) is 0 Å². The Morgan fingerprint density at radius 3 is 2.71 bits per heavy atom. The van der Waals surface area contributed by atoms with E-state index in [1.807, 2.05) is 19.1 Å². The average Bonchev–Trinajstić information content (AvgIpc) is 2.82. The first-order chi connectivity index (χ1) is 16.4. The van der Waals surface area contributed by atoms with Crippen molar-refractivity contribution >= 4 is 23.5 Å². The van der Waals surface area contributed by atoms with Crippen LogP contribution in [0.15, 0.2) is 46.8 Å². The number of allylic oxidation sites excluding steroid dienone is 2. The molecule has 34 heavy (non-hydrogen) atoms. The number of hydrogen-bond acceptors (Lipinski definition) is 7. The van der Waals surface area contributed by atoms with Crippen molar-refractivity contribution in [1.29, 1.82) is 5.26 Å². The number of nitrogens with zero attached hydrogens (tertiary/aromatic N) is 2. The van der Waals surface area contributed by atoms with Gasteiger partial charge in [-0.1, -0.05) is 23.7 Å². The molecule has 182 valence electrons. The van der Waals surface area contributed by atoms with Crippen molar-refractivity contribution in [1.82, 2.24) is 15.5 Å². The third-order valence-corrected chi connectivity index (χ3v) is 6.13. The molecule has 9 heteroatoms. The molecular formula is C25H31ClN4O4. The zero-order valence-corrected chi connectivity index (χ0v) is 20.4. The molecule has 0 saturated carbocycles. The van der Waals surface area contributed by atoms with Gasteiger partial charge in [0.2, 0.25) is 5.91 Å². The molecule has 1 aromatic rings. The molecule has 0 aromatic heterocycles. The molecule has 1 amide bonds. The van der Waals surface area contributed by atoms with E-state index in [2.05, 4.69) is 15.5 Å². The minimum absolute atomic E-state index is 0.0137. The lowest BCUT2D eigenvalue weighted by Gasteiger charge is -2.31. The van der Waals surface area contributed by atoms with Gasteiger partial charge < -0.3 is 20.1 Å². The molecule has 1 unspecified atom stereocenters. The summed E-state index contributed by atoms with van der Waals surface area (Å²) in [6, 6.07) is 9.10. The smallest absolute Gasteiger partial charge is 0.336 e. The zero-order valence-electron chi connectivity index (χ0n) is 19.7.